The third kappa shape index (κ3) is 1.15. The smallest absolute Gasteiger partial charge is 0.0651 e. The van der Waals surface area contributed by atoms with Crippen molar-refractivity contribution in [3.8, 4) is 11.3 Å². The Hall–Kier alpha value is -1.73. The van der Waals surface area contributed by atoms with E-state index >= 15 is 0 Å². The lowest BCUT2D eigenvalue weighted by atomic mass is 10.1. The predicted octanol–water partition coefficient (Wildman–Crippen LogP) is 4.39. The van der Waals surface area contributed by atoms with E-state index in [2.05, 4.69) is 35.3 Å². The third-order valence-corrected chi connectivity index (χ3v) is 3.86. The molecule has 2 aromatic carbocycles. The first kappa shape index (κ1) is 9.32. The minimum atomic E-state index is 0.800. The Bertz CT molecular complexity index is 740. The Balaban J connectivity index is 2.12. The van der Waals surface area contributed by atoms with Crippen LogP contribution in [0.15, 0.2) is 42.5 Å². The summed E-state index contributed by atoms with van der Waals surface area (Å²) in [5.74, 6) is 0. The zero-order valence-electron chi connectivity index (χ0n) is 9.13. The number of aromatic amines is 1. The molecule has 0 saturated carbocycles. The van der Waals surface area contributed by atoms with Crippen LogP contribution in [0.4, 0.5) is 0 Å². The van der Waals surface area contributed by atoms with Gasteiger partial charge in [-0.15, -0.1) is 0 Å². The molecule has 2 heteroatoms. The second-order valence-electron chi connectivity index (χ2n) is 4.47. The third-order valence-electron chi connectivity index (χ3n) is 3.54. The van der Waals surface area contributed by atoms with Crippen molar-refractivity contribution in [3.05, 3.63) is 58.6 Å². The quantitative estimate of drug-likeness (QED) is 0.468. The van der Waals surface area contributed by atoms with E-state index in [0.717, 1.165) is 17.0 Å². The van der Waals surface area contributed by atoms with Gasteiger partial charge in [0, 0.05) is 17.4 Å². The molecule has 1 aliphatic carbocycles. The minimum absolute atomic E-state index is 0.800. The Labute approximate surface area is 104 Å². The highest BCUT2D eigenvalue weighted by molar-refractivity contribution is 6.35. The highest BCUT2D eigenvalue weighted by Gasteiger charge is 2.22. The lowest BCUT2D eigenvalue weighted by Gasteiger charge is -1.99. The SMILES string of the molecule is Clc1cccc2c3c([nH]c12)-c1ccccc1C3. The van der Waals surface area contributed by atoms with Crippen LogP contribution in [-0.2, 0) is 6.42 Å². The molecule has 4 rings (SSSR count). The van der Waals surface area contributed by atoms with Crippen LogP contribution in [0.3, 0.4) is 0 Å². The zero-order valence-corrected chi connectivity index (χ0v) is 9.88. The van der Waals surface area contributed by atoms with Crippen LogP contribution in [0.5, 0.6) is 0 Å². The number of nitrogens with one attached hydrogen (secondary N) is 1. The van der Waals surface area contributed by atoms with E-state index in [4.69, 9.17) is 11.6 Å². The van der Waals surface area contributed by atoms with Gasteiger partial charge >= 0.3 is 0 Å². The lowest BCUT2D eigenvalue weighted by Crippen LogP contribution is -1.81. The number of para-hydroxylation sites is 1. The van der Waals surface area contributed by atoms with Gasteiger partial charge in [-0.25, -0.2) is 0 Å². The average molecular weight is 240 g/mol. The van der Waals surface area contributed by atoms with Gasteiger partial charge in [0.05, 0.1) is 16.2 Å². The summed E-state index contributed by atoms with van der Waals surface area (Å²) in [5, 5.41) is 2.05. The molecule has 0 aliphatic heterocycles. The van der Waals surface area contributed by atoms with Crippen LogP contribution in [0.2, 0.25) is 5.02 Å². The van der Waals surface area contributed by atoms with Crippen molar-refractivity contribution in [2.45, 2.75) is 6.42 Å². The standard InChI is InChI=1S/C15H10ClN/c16-13-7-3-6-11-12-8-9-4-1-2-5-10(9)14(12)17-15(11)13/h1-7,17H,8H2. The van der Waals surface area contributed by atoms with E-state index in [0.29, 0.717) is 0 Å². The van der Waals surface area contributed by atoms with E-state index < -0.39 is 0 Å². The van der Waals surface area contributed by atoms with E-state index in [1.165, 1.54) is 27.8 Å². The Morgan fingerprint density at radius 2 is 1.88 bits per heavy atom. The summed E-state index contributed by atoms with van der Waals surface area (Å²) >= 11 is 6.22. The highest BCUT2D eigenvalue weighted by atomic mass is 35.5. The molecule has 0 radical (unpaired) electrons. The number of fused-ring (bicyclic) bond motifs is 5. The van der Waals surface area contributed by atoms with E-state index in [1.807, 2.05) is 12.1 Å². The lowest BCUT2D eigenvalue weighted by molar-refractivity contribution is 1.29. The molecule has 0 atom stereocenters. The first-order valence-electron chi connectivity index (χ1n) is 5.72. The second kappa shape index (κ2) is 3.14. The van der Waals surface area contributed by atoms with Crippen molar-refractivity contribution in [2.24, 2.45) is 0 Å². The van der Waals surface area contributed by atoms with Gasteiger partial charge in [0.2, 0.25) is 0 Å². The zero-order chi connectivity index (χ0) is 11.4. The molecule has 0 saturated heterocycles. The van der Waals surface area contributed by atoms with Crippen LogP contribution in [-0.4, -0.2) is 4.98 Å². The maximum atomic E-state index is 6.22. The molecule has 1 nitrogen and oxygen atoms in total. The fraction of sp³-hybridized carbons (Fsp3) is 0.0667. The van der Waals surface area contributed by atoms with Gasteiger partial charge in [-0.05, 0) is 17.2 Å². The fourth-order valence-electron chi connectivity index (χ4n) is 2.76. The average Bonchev–Trinajstić information content (AvgIpc) is 2.87. The summed E-state index contributed by atoms with van der Waals surface area (Å²) in [6, 6.07) is 14.6. The molecule has 17 heavy (non-hydrogen) atoms. The Kier molecular flexibility index (Phi) is 1.72. The summed E-state index contributed by atoms with van der Waals surface area (Å²) in [4.78, 5) is 3.47. The van der Waals surface area contributed by atoms with Crippen molar-refractivity contribution in [3.63, 3.8) is 0 Å². The van der Waals surface area contributed by atoms with Crippen molar-refractivity contribution in [1.29, 1.82) is 0 Å². The maximum Gasteiger partial charge on any atom is 0.0651 e. The normalized spacial score (nSPS) is 12.8. The highest BCUT2D eigenvalue weighted by Crippen LogP contribution is 2.41. The molecule has 3 aromatic rings. The van der Waals surface area contributed by atoms with Gasteiger partial charge < -0.3 is 4.98 Å². The van der Waals surface area contributed by atoms with Crippen molar-refractivity contribution < 1.29 is 0 Å². The molecule has 0 spiro atoms. The Morgan fingerprint density at radius 1 is 1.00 bits per heavy atom. The van der Waals surface area contributed by atoms with Gasteiger partial charge in [-0.3, -0.25) is 0 Å². The first-order chi connectivity index (χ1) is 8.34. The molecule has 82 valence electrons. The van der Waals surface area contributed by atoms with Crippen molar-refractivity contribution in [1.82, 2.24) is 4.98 Å². The Morgan fingerprint density at radius 3 is 2.82 bits per heavy atom. The number of aromatic nitrogens is 1. The molecule has 0 bridgehead atoms. The molecule has 0 unspecified atom stereocenters. The van der Waals surface area contributed by atoms with Crippen molar-refractivity contribution in [2.75, 3.05) is 0 Å². The van der Waals surface area contributed by atoms with Gasteiger partial charge in [0.25, 0.3) is 0 Å². The van der Waals surface area contributed by atoms with Crippen LogP contribution in [0.25, 0.3) is 22.2 Å². The molecule has 0 amide bonds. The van der Waals surface area contributed by atoms with Crippen LogP contribution >= 0.6 is 11.6 Å². The largest absolute Gasteiger partial charge is 0.353 e. The van der Waals surface area contributed by atoms with Crippen LogP contribution < -0.4 is 0 Å². The minimum Gasteiger partial charge on any atom is -0.353 e. The number of rotatable bonds is 0. The van der Waals surface area contributed by atoms with E-state index in [-0.39, 0.29) is 0 Å². The number of hydrogen-bond donors (Lipinski definition) is 1. The topological polar surface area (TPSA) is 15.8 Å². The van der Waals surface area contributed by atoms with Crippen LogP contribution in [0, 0.1) is 0 Å². The summed E-state index contributed by atoms with van der Waals surface area (Å²) in [6.45, 7) is 0. The van der Waals surface area contributed by atoms with Crippen LogP contribution in [0.1, 0.15) is 11.1 Å². The first-order valence-corrected chi connectivity index (χ1v) is 6.10. The van der Waals surface area contributed by atoms with Gasteiger partial charge in [0.1, 0.15) is 0 Å². The van der Waals surface area contributed by atoms with Gasteiger partial charge in [0.15, 0.2) is 0 Å². The summed E-state index contributed by atoms with van der Waals surface area (Å²) in [7, 11) is 0. The van der Waals surface area contributed by atoms with E-state index in [1.54, 1.807) is 0 Å². The number of hydrogen-bond acceptors (Lipinski definition) is 0. The summed E-state index contributed by atoms with van der Waals surface area (Å²) in [6.07, 6.45) is 1.01. The monoisotopic (exact) mass is 239 g/mol. The van der Waals surface area contributed by atoms with Gasteiger partial charge in [-0.2, -0.15) is 0 Å². The molecule has 0 fully saturated rings. The predicted molar refractivity (Wildman–Crippen MR) is 71.6 cm³/mol. The fourth-order valence-corrected chi connectivity index (χ4v) is 2.98. The maximum absolute atomic E-state index is 6.22. The molecular weight excluding hydrogens is 230 g/mol. The number of H-pyrrole nitrogens is 1. The summed E-state index contributed by atoms with van der Waals surface area (Å²) in [5.41, 5.74) is 6.39. The molecular formula is C15H10ClN. The molecule has 1 N–H and O–H groups in total. The molecule has 1 aromatic heterocycles. The summed E-state index contributed by atoms with van der Waals surface area (Å²) < 4.78 is 0. The number of benzene rings is 2. The molecule has 1 heterocycles. The molecule has 1 aliphatic rings. The number of halogens is 1. The van der Waals surface area contributed by atoms with E-state index in [9.17, 15) is 0 Å². The van der Waals surface area contributed by atoms with Crippen molar-refractivity contribution >= 4 is 22.5 Å². The second-order valence-corrected chi connectivity index (χ2v) is 4.88. The van der Waals surface area contributed by atoms with Gasteiger partial charge in [-0.1, -0.05) is 48.0 Å².